The SMILES string of the molecule is Cc1ccc2c(c1)N(C)C(=O)c1cc(NC(=O)CCC3CCCCC3)ccc1O2. The first-order valence-electron chi connectivity index (χ1n) is 10.5. The number of amides is 2. The van der Waals surface area contributed by atoms with Crippen molar-refractivity contribution < 1.29 is 14.3 Å². The Morgan fingerprint density at radius 3 is 2.66 bits per heavy atom. The molecule has 1 aliphatic heterocycles. The monoisotopic (exact) mass is 392 g/mol. The van der Waals surface area contributed by atoms with Crippen molar-refractivity contribution in [3.63, 3.8) is 0 Å². The molecule has 1 N–H and O–H groups in total. The van der Waals surface area contributed by atoms with Crippen LogP contribution in [-0.4, -0.2) is 18.9 Å². The Hall–Kier alpha value is -2.82. The highest BCUT2D eigenvalue weighted by atomic mass is 16.5. The zero-order valence-electron chi connectivity index (χ0n) is 17.2. The minimum absolute atomic E-state index is 0.00442. The summed E-state index contributed by atoms with van der Waals surface area (Å²) in [5, 5.41) is 2.95. The van der Waals surface area contributed by atoms with Crippen LogP contribution in [-0.2, 0) is 4.79 Å². The first-order chi connectivity index (χ1) is 14.0. The van der Waals surface area contributed by atoms with E-state index < -0.39 is 0 Å². The Labute approximate surface area is 172 Å². The largest absolute Gasteiger partial charge is 0.454 e. The van der Waals surface area contributed by atoms with Gasteiger partial charge in [0.1, 0.15) is 5.75 Å². The zero-order chi connectivity index (χ0) is 20.4. The van der Waals surface area contributed by atoms with Gasteiger partial charge in [0.05, 0.1) is 11.3 Å². The number of nitrogens with one attached hydrogen (secondary N) is 1. The lowest BCUT2D eigenvalue weighted by atomic mass is 9.86. The van der Waals surface area contributed by atoms with E-state index in [1.54, 1.807) is 30.1 Å². The van der Waals surface area contributed by atoms with Gasteiger partial charge in [-0.15, -0.1) is 0 Å². The molecule has 2 aromatic carbocycles. The molecule has 0 spiro atoms. The van der Waals surface area contributed by atoms with Crippen LogP contribution in [0.1, 0.15) is 60.9 Å². The summed E-state index contributed by atoms with van der Waals surface area (Å²) in [6, 6.07) is 11.0. The summed E-state index contributed by atoms with van der Waals surface area (Å²) < 4.78 is 6.01. The van der Waals surface area contributed by atoms with Gasteiger partial charge in [-0.2, -0.15) is 0 Å². The molecule has 2 amide bonds. The predicted molar refractivity (Wildman–Crippen MR) is 115 cm³/mol. The van der Waals surface area contributed by atoms with Gasteiger partial charge in [-0.1, -0.05) is 38.2 Å². The second-order valence-electron chi connectivity index (χ2n) is 8.24. The van der Waals surface area contributed by atoms with Crippen molar-refractivity contribution in [3.8, 4) is 11.5 Å². The molecular weight excluding hydrogens is 364 g/mol. The molecule has 0 saturated heterocycles. The van der Waals surface area contributed by atoms with Crippen LogP contribution in [0.15, 0.2) is 36.4 Å². The van der Waals surface area contributed by atoms with Gasteiger partial charge in [0.25, 0.3) is 5.91 Å². The second-order valence-corrected chi connectivity index (χ2v) is 8.24. The fourth-order valence-corrected chi connectivity index (χ4v) is 4.28. The van der Waals surface area contributed by atoms with Crippen molar-refractivity contribution >= 4 is 23.2 Å². The standard InChI is InChI=1S/C24H28N2O3/c1-16-8-11-22-20(14-16)26(2)24(28)19-15-18(10-12-21(19)29-22)25-23(27)13-9-17-6-4-3-5-7-17/h8,10-12,14-15,17H,3-7,9,13H2,1-2H3,(H,25,27). The van der Waals surface area contributed by atoms with Gasteiger partial charge >= 0.3 is 0 Å². The minimum atomic E-state index is -0.150. The van der Waals surface area contributed by atoms with Crippen molar-refractivity contribution in [1.82, 2.24) is 0 Å². The number of carbonyl (C=O) groups excluding carboxylic acids is 2. The zero-order valence-corrected chi connectivity index (χ0v) is 17.2. The Morgan fingerprint density at radius 2 is 1.86 bits per heavy atom. The number of rotatable bonds is 4. The maximum absolute atomic E-state index is 13.0. The summed E-state index contributed by atoms with van der Waals surface area (Å²) in [5.74, 6) is 1.68. The number of ether oxygens (including phenoxy) is 1. The third-order valence-electron chi connectivity index (χ3n) is 6.00. The molecule has 1 saturated carbocycles. The average Bonchev–Trinajstić information content (AvgIpc) is 2.83. The number of carbonyl (C=O) groups is 2. The van der Waals surface area contributed by atoms with E-state index in [0.29, 0.717) is 35.1 Å². The van der Waals surface area contributed by atoms with Crippen LogP contribution in [0, 0.1) is 12.8 Å². The predicted octanol–water partition coefficient (Wildman–Crippen LogP) is 5.68. The molecule has 4 rings (SSSR count). The van der Waals surface area contributed by atoms with Crippen molar-refractivity contribution in [3.05, 3.63) is 47.5 Å². The molecule has 0 aromatic heterocycles. The lowest BCUT2D eigenvalue weighted by molar-refractivity contribution is -0.116. The van der Waals surface area contributed by atoms with Crippen LogP contribution in [0.5, 0.6) is 11.5 Å². The van der Waals surface area contributed by atoms with Gasteiger partial charge in [0, 0.05) is 19.2 Å². The smallest absolute Gasteiger partial charge is 0.261 e. The summed E-state index contributed by atoms with van der Waals surface area (Å²) in [4.78, 5) is 27.0. The van der Waals surface area contributed by atoms with Crippen molar-refractivity contribution in [2.24, 2.45) is 5.92 Å². The Bertz CT molecular complexity index is 932. The molecular formula is C24H28N2O3. The number of aryl methyl sites for hydroxylation is 1. The van der Waals surface area contributed by atoms with Gasteiger partial charge in [0.2, 0.25) is 5.91 Å². The third kappa shape index (κ3) is 4.29. The van der Waals surface area contributed by atoms with E-state index in [4.69, 9.17) is 4.74 Å². The molecule has 1 aliphatic carbocycles. The highest BCUT2D eigenvalue weighted by molar-refractivity contribution is 6.10. The summed E-state index contributed by atoms with van der Waals surface area (Å²) in [7, 11) is 1.74. The van der Waals surface area contributed by atoms with Crippen LogP contribution in [0.25, 0.3) is 0 Å². The molecule has 0 unspecified atom stereocenters. The van der Waals surface area contributed by atoms with E-state index >= 15 is 0 Å². The van der Waals surface area contributed by atoms with Gasteiger partial charge < -0.3 is 15.0 Å². The third-order valence-corrected chi connectivity index (χ3v) is 6.00. The summed E-state index contributed by atoms with van der Waals surface area (Å²) in [6.07, 6.45) is 7.84. The topological polar surface area (TPSA) is 58.6 Å². The Morgan fingerprint density at radius 1 is 1.10 bits per heavy atom. The number of benzene rings is 2. The van der Waals surface area contributed by atoms with Crippen molar-refractivity contribution in [2.75, 3.05) is 17.3 Å². The lowest BCUT2D eigenvalue weighted by Gasteiger charge is -2.21. The molecule has 29 heavy (non-hydrogen) atoms. The van der Waals surface area contributed by atoms with Crippen LogP contribution < -0.4 is 15.0 Å². The molecule has 0 radical (unpaired) electrons. The number of hydrogen-bond donors (Lipinski definition) is 1. The van der Waals surface area contributed by atoms with Crippen molar-refractivity contribution in [2.45, 2.75) is 51.9 Å². The number of nitrogens with zero attached hydrogens (tertiary/aromatic N) is 1. The number of hydrogen-bond acceptors (Lipinski definition) is 3. The average molecular weight is 392 g/mol. The number of fused-ring (bicyclic) bond motifs is 2. The van der Waals surface area contributed by atoms with Gasteiger partial charge in [-0.05, 0) is 55.2 Å². The highest BCUT2D eigenvalue weighted by Crippen LogP contribution is 2.39. The quantitative estimate of drug-likeness (QED) is 0.728. The lowest BCUT2D eigenvalue weighted by Crippen LogP contribution is -2.25. The highest BCUT2D eigenvalue weighted by Gasteiger charge is 2.26. The normalized spacial score (nSPS) is 16.5. The maximum atomic E-state index is 13.0. The first kappa shape index (κ1) is 19.5. The molecule has 5 nitrogen and oxygen atoms in total. The van der Waals surface area contributed by atoms with Crippen LogP contribution in [0.4, 0.5) is 11.4 Å². The molecule has 1 fully saturated rings. The molecule has 0 bridgehead atoms. The van der Waals surface area contributed by atoms with E-state index in [0.717, 1.165) is 17.7 Å². The van der Waals surface area contributed by atoms with Crippen LogP contribution in [0.3, 0.4) is 0 Å². The molecule has 152 valence electrons. The number of anilines is 2. The van der Waals surface area contributed by atoms with E-state index in [2.05, 4.69) is 5.32 Å². The van der Waals surface area contributed by atoms with Crippen molar-refractivity contribution in [1.29, 1.82) is 0 Å². The summed E-state index contributed by atoms with van der Waals surface area (Å²) in [5.41, 5.74) is 2.88. The molecule has 0 atom stereocenters. The fraction of sp³-hybridized carbons (Fsp3) is 0.417. The molecule has 5 heteroatoms. The Balaban J connectivity index is 1.48. The second kappa shape index (κ2) is 8.27. The van der Waals surface area contributed by atoms with E-state index in [9.17, 15) is 9.59 Å². The molecule has 2 aliphatic rings. The van der Waals surface area contributed by atoms with E-state index in [-0.39, 0.29) is 11.8 Å². The molecule has 2 aromatic rings. The minimum Gasteiger partial charge on any atom is -0.454 e. The Kier molecular flexibility index (Phi) is 5.56. The van der Waals surface area contributed by atoms with Crippen LogP contribution in [0.2, 0.25) is 0 Å². The molecule has 1 heterocycles. The maximum Gasteiger partial charge on any atom is 0.261 e. The summed E-state index contributed by atoms with van der Waals surface area (Å²) >= 11 is 0. The van der Waals surface area contributed by atoms with Crippen LogP contribution >= 0.6 is 0 Å². The summed E-state index contributed by atoms with van der Waals surface area (Å²) in [6.45, 7) is 1.98. The van der Waals surface area contributed by atoms with Gasteiger partial charge in [-0.3, -0.25) is 9.59 Å². The van der Waals surface area contributed by atoms with Gasteiger partial charge in [0.15, 0.2) is 5.75 Å². The van der Waals surface area contributed by atoms with Gasteiger partial charge in [-0.25, -0.2) is 0 Å². The fourth-order valence-electron chi connectivity index (χ4n) is 4.28. The first-order valence-corrected chi connectivity index (χ1v) is 10.5. The van der Waals surface area contributed by atoms with E-state index in [1.807, 2.05) is 25.1 Å². The van der Waals surface area contributed by atoms with E-state index in [1.165, 1.54) is 32.1 Å².